The topological polar surface area (TPSA) is 63.8 Å². The van der Waals surface area contributed by atoms with Crippen LogP contribution in [-0.2, 0) is 7.05 Å². The average molecular weight is 350 g/mol. The molecule has 126 valence electrons. The molecule has 0 bridgehead atoms. The lowest BCUT2D eigenvalue weighted by Gasteiger charge is -2.29. The van der Waals surface area contributed by atoms with Crippen LogP contribution in [0.5, 0.6) is 0 Å². The van der Waals surface area contributed by atoms with Crippen molar-refractivity contribution in [1.29, 1.82) is 0 Å². The van der Waals surface area contributed by atoms with Gasteiger partial charge in [0.2, 0.25) is 0 Å². The summed E-state index contributed by atoms with van der Waals surface area (Å²) in [5, 5.41) is 16.9. The van der Waals surface area contributed by atoms with Gasteiger partial charge in [-0.15, -0.1) is 11.3 Å². The van der Waals surface area contributed by atoms with Gasteiger partial charge in [0, 0.05) is 40.7 Å². The van der Waals surface area contributed by atoms with E-state index in [0.29, 0.717) is 5.92 Å². The first-order valence-corrected chi connectivity index (χ1v) is 9.37. The third kappa shape index (κ3) is 2.53. The minimum atomic E-state index is -0.343. The maximum Gasteiger partial charge on any atom is 0.181 e. The van der Waals surface area contributed by atoms with Crippen LogP contribution in [0.25, 0.3) is 32.5 Å². The summed E-state index contributed by atoms with van der Waals surface area (Å²) in [5.41, 5.74) is 2.63. The Morgan fingerprint density at radius 2 is 2.12 bits per heavy atom. The number of rotatable bonds is 3. The number of fused-ring (bicyclic) bond motifs is 2. The van der Waals surface area contributed by atoms with Crippen LogP contribution in [0.2, 0.25) is 0 Å². The van der Waals surface area contributed by atoms with Crippen LogP contribution < -0.4 is 0 Å². The molecule has 4 heterocycles. The monoisotopic (exact) mass is 350 g/mol. The lowest BCUT2D eigenvalue weighted by atomic mass is 9.80. The van der Waals surface area contributed by atoms with Crippen molar-refractivity contribution >= 4 is 32.6 Å². The zero-order valence-electron chi connectivity index (χ0n) is 13.9. The second-order valence-corrected chi connectivity index (χ2v) is 7.88. The fourth-order valence-corrected chi connectivity index (χ4v) is 4.52. The third-order valence-corrected chi connectivity index (χ3v) is 6.17. The van der Waals surface area contributed by atoms with Gasteiger partial charge < -0.3 is 5.11 Å². The second-order valence-electron chi connectivity index (χ2n) is 6.82. The van der Waals surface area contributed by atoms with Gasteiger partial charge in [-0.25, -0.2) is 9.97 Å². The first-order chi connectivity index (χ1) is 12.2. The Hall–Kier alpha value is -2.31. The van der Waals surface area contributed by atoms with E-state index in [1.165, 1.54) is 6.42 Å². The van der Waals surface area contributed by atoms with Crippen molar-refractivity contribution < 1.29 is 5.11 Å². The van der Waals surface area contributed by atoms with Crippen molar-refractivity contribution in [1.82, 2.24) is 19.7 Å². The molecule has 25 heavy (non-hydrogen) atoms. The summed E-state index contributed by atoms with van der Waals surface area (Å²) < 4.78 is 1.77. The number of aromatic nitrogens is 4. The highest BCUT2D eigenvalue weighted by atomic mass is 32.1. The minimum Gasteiger partial charge on any atom is -0.387 e. The van der Waals surface area contributed by atoms with Gasteiger partial charge in [0.25, 0.3) is 0 Å². The van der Waals surface area contributed by atoms with Crippen LogP contribution in [0.4, 0.5) is 0 Å². The predicted octanol–water partition coefficient (Wildman–Crippen LogP) is 4.08. The summed E-state index contributed by atoms with van der Waals surface area (Å²) >= 11 is 1.60. The van der Waals surface area contributed by atoms with Crippen molar-refractivity contribution in [3.63, 3.8) is 0 Å². The molecule has 5 nitrogen and oxygen atoms in total. The molecule has 1 aliphatic carbocycles. The number of aliphatic hydroxyl groups is 1. The summed E-state index contributed by atoms with van der Waals surface area (Å²) in [6, 6.07) is 8.26. The molecule has 5 rings (SSSR count). The summed E-state index contributed by atoms with van der Waals surface area (Å²) in [6.07, 6.45) is 6.93. The quantitative estimate of drug-likeness (QED) is 0.605. The van der Waals surface area contributed by atoms with Gasteiger partial charge in [-0.05, 0) is 43.0 Å². The highest BCUT2D eigenvalue weighted by Gasteiger charge is 2.28. The molecule has 4 aromatic heterocycles. The summed E-state index contributed by atoms with van der Waals surface area (Å²) in [7, 11) is 1.90. The van der Waals surface area contributed by atoms with Crippen molar-refractivity contribution in [2.24, 2.45) is 13.0 Å². The number of hydrogen-bond acceptors (Lipinski definition) is 5. The Kier molecular flexibility index (Phi) is 3.36. The number of aliphatic hydroxyl groups excluding tert-OH is 1. The van der Waals surface area contributed by atoms with E-state index >= 15 is 0 Å². The van der Waals surface area contributed by atoms with Gasteiger partial charge in [0.15, 0.2) is 5.65 Å². The van der Waals surface area contributed by atoms with Crippen LogP contribution in [0.15, 0.2) is 36.7 Å². The Labute approximate surface area is 149 Å². The van der Waals surface area contributed by atoms with E-state index < -0.39 is 0 Å². The Morgan fingerprint density at radius 1 is 1.24 bits per heavy atom. The van der Waals surface area contributed by atoms with Crippen LogP contribution in [0.3, 0.4) is 0 Å². The Morgan fingerprint density at radius 3 is 2.92 bits per heavy atom. The molecule has 0 radical (unpaired) electrons. The average Bonchev–Trinajstić information content (AvgIpc) is 3.13. The molecule has 4 aromatic rings. The van der Waals surface area contributed by atoms with Crippen molar-refractivity contribution in [3.05, 3.63) is 41.5 Å². The standard InChI is InChI=1S/C19H18N4OS/c1-23-10-14-7-13(9-20-18(14)22-23)15-6-5-12-8-16(25-19(12)21-15)17(24)11-3-2-4-11/h5-11,17,24H,2-4H2,1H3/t17-/m1/s1. The van der Waals surface area contributed by atoms with Crippen LogP contribution in [0.1, 0.15) is 30.2 Å². The number of aryl methyl sites for hydroxylation is 1. The normalized spacial score (nSPS) is 16.4. The molecule has 1 atom stereocenters. The molecule has 0 unspecified atom stereocenters. The largest absolute Gasteiger partial charge is 0.387 e. The van der Waals surface area contributed by atoms with Crippen molar-refractivity contribution in [2.45, 2.75) is 25.4 Å². The molecule has 1 N–H and O–H groups in total. The van der Waals surface area contributed by atoms with Gasteiger partial charge in [-0.3, -0.25) is 4.68 Å². The second kappa shape index (κ2) is 5.61. The van der Waals surface area contributed by atoms with Crippen molar-refractivity contribution in [3.8, 4) is 11.3 Å². The predicted molar refractivity (Wildman–Crippen MR) is 99.4 cm³/mol. The number of thiophene rings is 1. The van der Waals surface area contributed by atoms with Crippen LogP contribution >= 0.6 is 11.3 Å². The molecule has 0 saturated heterocycles. The van der Waals surface area contributed by atoms with Gasteiger partial charge in [0.1, 0.15) is 4.83 Å². The smallest absolute Gasteiger partial charge is 0.181 e. The molecule has 6 heteroatoms. The van der Waals surface area contributed by atoms with E-state index in [2.05, 4.69) is 28.3 Å². The first kappa shape index (κ1) is 15.0. The maximum atomic E-state index is 10.5. The van der Waals surface area contributed by atoms with E-state index in [1.807, 2.05) is 25.5 Å². The van der Waals surface area contributed by atoms with E-state index in [0.717, 1.165) is 50.2 Å². The summed E-state index contributed by atoms with van der Waals surface area (Å²) in [5.74, 6) is 0.421. The molecule has 1 fully saturated rings. The highest BCUT2D eigenvalue weighted by Crippen LogP contribution is 2.41. The van der Waals surface area contributed by atoms with Gasteiger partial charge in [-0.2, -0.15) is 5.10 Å². The minimum absolute atomic E-state index is 0.343. The summed E-state index contributed by atoms with van der Waals surface area (Å²) in [4.78, 5) is 11.2. The molecule has 0 amide bonds. The van der Waals surface area contributed by atoms with Crippen LogP contribution in [-0.4, -0.2) is 24.9 Å². The molecular formula is C19H18N4OS. The fourth-order valence-electron chi connectivity index (χ4n) is 3.40. The number of hydrogen-bond donors (Lipinski definition) is 1. The Bertz CT molecular complexity index is 1080. The fraction of sp³-hybridized carbons (Fsp3) is 0.316. The lowest BCUT2D eigenvalue weighted by molar-refractivity contribution is 0.0650. The maximum absolute atomic E-state index is 10.5. The molecule has 1 aliphatic rings. The van der Waals surface area contributed by atoms with E-state index in [4.69, 9.17) is 4.98 Å². The first-order valence-electron chi connectivity index (χ1n) is 8.56. The van der Waals surface area contributed by atoms with Gasteiger partial charge in [-0.1, -0.05) is 6.42 Å². The van der Waals surface area contributed by atoms with Gasteiger partial charge >= 0.3 is 0 Å². The van der Waals surface area contributed by atoms with E-state index in [9.17, 15) is 5.11 Å². The van der Waals surface area contributed by atoms with Crippen LogP contribution in [0, 0.1) is 5.92 Å². The molecule has 0 aromatic carbocycles. The SMILES string of the molecule is Cn1cc2cc(-c3ccc4cc([C@H](O)C5CCC5)sc4n3)cnc2n1. The zero-order chi connectivity index (χ0) is 17.0. The third-order valence-electron chi connectivity index (χ3n) is 5.06. The molecular weight excluding hydrogens is 332 g/mol. The Balaban J connectivity index is 1.54. The summed E-state index contributed by atoms with van der Waals surface area (Å²) in [6.45, 7) is 0. The zero-order valence-corrected chi connectivity index (χ0v) is 14.7. The molecule has 0 spiro atoms. The number of pyridine rings is 2. The lowest BCUT2D eigenvalue weighted by Crippen LogP contribution is -2.19. The van der Waals surface area contributed by atoms with E-state index in [1.54, 1.807) is 16.0 Å². The van der Waals surface area contributed by atoms with Gasteiger partial charge in [0.05, 0.1) is 11.8 Å². The van der Waals surface area contributed by atoms with Crippen molar-refractivity contribution in [2.75, 3.05) is 0 Å². The molecule has 1 saturated carbocycles. The number of nitrogens with zero attached hydrogens (tertiary/aromatic N) is 4. The highest BCUT2D eigenvalue weighted by molar-refractivity contribution is 7.18. The molecule has 0 aliphatic heterocycles. The van der Waals surface area contributed by atoms with E-state index in [-0.39, 0.29) is 6.10 Å².